The molecule has 4 aromatic heterocycles. The number of rotatable bonds is 16. The van der Waals surface area contributed by atoms with Gasteiger partial charge in [0.15, 0.2) is 24.9 Å². The quantitative estimate of drug-likeness (QED) is 0.0366. The molecule has 16 atom stereocenters. The van der Waals surface area contributed by atoms with Crippen molar-refractivity contribution in [2.24, 2.45) is 0 Å². The maximum Gasteiger partial charge on any atom is 0.469 e. The van der Waals surface area contributed by atoms with Gasteiger partial charge in [0.25, 0.3) is 45.7 Å². The molecular weight excluding hydrogens is 1460 g/mol. The van der Waals surface area contributed by atoms with Gasteiger partial charge in [-0.05, 0) is 0 Å². The van der Waals surface area contributed by atoms with E-state index in [1.807, 2.05) is 0 Å². The maximum absolute atomic E-state index is 14.9. The molecule has 8 rings (SSSR count). The van der Waals surface area contributed by atoms with Crippen LogP contribution in [-0.4, -0.2) is 217 Å². The summed E-state index contributed by atoms with van der Waals surface area (Å²) in [4.78, 5) is 167. The summed E-state index contributed by atoms with van der Waals surface area (Å²) < 4.78 is 181. The molecule has 0 radical (unpaired) electrons. The summed E-state index contributed by atoms with van der Waals surface area (Å²) >= 11 is 22.0. The first-order valence-corrected chi connectivity index (χ1v) is 30.6. The van der Waals surface area contributed by atoms with Crippen LogP contribution in [0.25, 0.3) is 0 Å². The van der Waals surface area contributed by atoms with Gasteiger partial charge in [0.2, 0.25) is 0 Å². The fourth-order valence-corrected chi connectivity index (χ4v) is 8.82. The molecule has 4 aliphatic rings. The Kier molecular flexibility index (Phi) is 21.8. The van der Waals surface area contributed by atoms with Crippen molar-refractivity contribution in [2.75, 3.05) is 26.3 Å². The Morgan fingerprint density at radius 2 is 0.652 bits per heavy atom. The van der Waals surface area contributed by atoms with Crippen LogP contribution in [0.3, 0.4) is 0 Å². The number of aliphatic hydroxyl groups excluding tert-OH is 8. The number of nitrogens with zero attached hydrogens (tertiary/aromatic N) is 4. The van der Waals surface area contributed by atoms with E-state index >= 15 is 0 Å². The summed E-state index contributed by atoms with van der Waals surface area (Å²) in [7, 11) is -21.4. The monoisotopic (exact) mass is 1510 g/mol. The van der Waals surface area contributed by atoms with Gasteiger partial charge in [-0.2, -0.15) is 0 Å². The first-order chi connectivity index (χ1) is 44.0. The molecule has 4 aromatic rings. The Morgan fingerprint density at radius 3 is 0.967 bits per heavy atom. The minimum absolute atomic E-state index is 0.0412. The van der Waals surface area contributed by atoms with E-state index in [-0.39, 0.29) is 9.13 Å². The lowest BCUT2D eigenvalue weighted by atomic mass is 10.1. The lowest BCUT2D eigenvalue weighted by molar-refractivity contribution is -0.205. The van der Waals surface area contributed by atoms with Crippen LogP contribution in [0.1, 0.15) is 33.1 Å². The molecule has 56 heteroatoms. The molecule has 0 spiro atoms. The summed E-state index contributed by atoms with van der Waals surface area (Å²) in [5, 5.41) is 76.0. The Bertz CT molecular complexity index is 4400. The number of halogens is 8. The highest BCUT2D eigenvalue weighted by molar-refractivity contribution is 7.47. The van der Waals surface area contributed by atoms with E-state index in [1.165, 1.54) is 0 Å². The van der Waals surface area contributed by atoms with Crippen molar-refractivity contribution in [3.05, 3.63) is 128 Å². The van der Waals surface area contributed by atoms with Crippen molar-refractivity contribution in [3.63, 3.8) is 0 Å². The molecule has 92 heavy (non-hydrogen) atoms. The minimum atomic E-state index is -5.65. The van der Waals surface area contributed by atoms with E-state index in [9.17, 15) is 115 Å². The Labute approximate surface area is 527 Å². The number of phosphoric acid groups is 4. The zero-order valence-corrected chi connectivity index (χ0v) is 50.0. The van der Waals surface area contributed by atoms with Crippen LogP contribution in [0.15, 0.2) is 63.1 Å². The highest BCUT2D eigenvalue weighted by Crippen LogP contribution is 2.47. The maximum atomic E-state index is 14.9. The van der Waals surface area contributed by atoms with Crippen molar-refractivity contribution >= 4 is 77.7 Å². The number of aromatic nitrogens is 8. The van der Waals surface area contributed by atoms with Gasteiger partial charge in [0.1, 0.15) is 95.3 Å². The molecule has 0 amide bonds. The SMILES string of the molecule is O=c1[nH]c(=O)n([C@@H]2O[C@](F)(COP(=O)(O)O)[C@@H](O)[C@H]2O)cc1Cl.[2H]C([2H])(OP(=O)(O)O)[C@@]1(F)O[C@@H](n2cc(Cl)c(=O)[nH]c2=O)[C@H](O)[C@@H]1O.[2H]C([2H])(OP(=O)(O)O)[C@@]1(F)O[C@@]([2H])(n2cc(Cl)c(=O)[nH]c2=O)[C@H](O)[C@@H]1O.[2H][C@@]1(n2cc(Cl)c(=O)[nH]c2=O)O[C@](F)(COP(=O)(O)O)[C@@H](O)[C@H]1O. The Hall–Kier alpha value is -4.44. The fourth-order valence-electron chi connectivity index (χ4n) is 7.05. The zero-order chi connectivity index (χ0) is 75.7. The van der Waals surface area contributed by atoms with E-state index in [2.05, 4.69) is 37.0 Å². The standard InChI is InChI=1S/4C9H11ClFN2O9P/c4*10-3-1-13(8(17)12-6(3)16)7-4(14)5(15)9(11,22-7)2-21-23(18,19)20/h4*1,4-5,7,14-15H,2H2,(H,12,16,17)(H2,18,19,20)/t4*4-,5+,7-,9-/m1111/s1/i2D2,7D;7D;2D2;. The van der Waals surface area contributed by atoms with Crippen molar-refractivity contribution in [3.8, 4) is 0 Å². The second kappa shape index (κ2) is 29.1. The van der Waals surface area contributed by atoms with Gasteiger partial charge in [0.05, 0.1) is 8.22 Å². The van der Waals surface area contributed by atoms with E-state index in [4.69, 9.17) is 93.8 Å². The van der Waals surface area contributed by atoms with Crippen LogP contribution >= 0.6 is 77.7 Å². The fraction of sp³-hybridized carbons (Fsp3) is 0.556. The van der Waals surface area contributed by atoms with Crippen LogP contribution in [0.4, 0.5) is 17.6 Å². The van der Waals surface area contributed by atoms with Crippen LogP contribution in [0, 0.1) is 0 Å². The second-order valence-electron chi connectivity index (χ2n) is 17.8. The molecule has 0 unspecified atom stereocenters. The lowest BCUT2D eigenvalue weighted by Gasteiger charge is -2.22. The van der Waals surface area contributed by atoms with Crippen molar-refractivity contribution in [1.29, 1.82) is 0 Å². The highest BCUT2D eigenvalue weighted by Gasteiger charge is 2.61. The number of aliphatic hydroxyl groups is 8. The summed E-state index contributed by atoms with van der Waals surface area (Å²) in [5.41, 5.74) is -9.18. The normalized spacial score (nSPS) is 34.3. The molecule has 8 heterocycles. The Morgan fingerprint density at radius 1 is 0.424 bits per heavy atom. The van der Waals surface area contributed by atoms with Gasteiger partial charge in [-0.1, -0.05) is 46.4 Å². The van der Waals surface area contributed by atoms with Gasteiger partial charge in [0, 0.05) is 24.8 Å². The molecule has 4 fully saturated rings. The first-order valence-electron chi connectivity index (χ1n) is 25.9. The summed E-state index contributed by atoms with van der Waals surface area (Å²) in [6, 6.07) is 0. The third-order valence-electron chi connectivity index (χ3n) is 11.3. The van der Waals surface area contributed by atoms with Gasteiger partial charge < -0.3 is 98.9 Å². The second-order valence-corrected chi connectivity index (χ2v) is 24.2. The van der Waals surface area contributed by atoms with E-state index in [0.717, 1.165) is 6.20 Å². The number of H-pyrrole nitrogens is 4. The topological polar surface area (TPSA) is 685 Å². The van der Waals surface area contributed by atoms with Gasteiger partial charge in [-0.3, -0.25) is 75.5 Å². The van der Waals surface area contributed by atoms with Crippen molar-refractivity contribution in [2.45, 2.75) is 97.1 Å². The number of hydrogen-bond acceptors (Lipinski definition) is 28. The molecule has 0 bridgehead atoms. The summed E-state index contributed by atoms with van der Waals surface area (Å²) in [6.45, 7) is -11.0. The summed E-state index contributed by atoms with van der Waals surface area (Å²) in [6.07, 6.45) is -27.7. The molecule has 4 aliphatic heterocycles. The zero-order valence-electron chi connectivity index (χ0n) is 49.4. The van der Waals surface area contributed by atoms with Crippen LogP contribution < -0.4 is 45.0 Å². The molecule has 20 N–H and O–H groups in total. The predicted octanol–water partition coefficient (Wildman–Crippen LogP) is -7.14. The van der Waals surface area contributed by atoms with Crippen LogP contribution in [0.2, 0.25) is 20.1 Å². The molecule has 0 aliphatic carbocycles. The molecule has 44 nitrogen and oxygen atoms in total. The van der Waals surface area contributed by atoms with Gasteiger partial charge in [-0.25, -0.2) is 55.0 Å². The number of nitrogens with one attached hydrogen (secondary N) is 4. The number of alkyl halides is 4. The number of ether oxygens (including phenoxy) is 4. The highest BCUT2D eigenvalue weighted by atomic mass is 35.5. The third kappa shape index (κ3) is 19.0. The molecular formula is C36H44Cl4F4N8O36P4. The smallest absolute Gasteiger partial charge is 0.385 e. The molecule has 4 saturated heterocycles. The summed E-state index contributed by atoms with van der Waals surface area (Å²) in [5.74, 6) is -14.9. The predicted molar refractivity (Wildman–Crippen MR) is 281 cm³/mol. The Balaban J connectivity index is 0.000000236. The van der Waals surface area contributed by atoms with Crippen LogP contribution in [-0.2, 0) is 55.3 Å². The average molecular weight is 1510 g/mol. The van der Waals surface area contributed by atoms with Gasteiger partial charge >= 0.3 is 54.0 Å². The number of aromatic amines is 4. The van der Waals surface area contributed by atoms with E-state index < -0.39 is 220 Å². The number of hydrogen-bond donors (Lipinski definition) is 20. The molecule has 0 aromatic carbocycles. The minimum Gasteiger partial charge on any atom is -0.385 e. The van der Waals surface area contributed by atoms with Gasteiger partial charge in [-0.15, -0.1) is 0 Å². The first kappa shape index (κ1) is 68.9. The largest absolute Gasteiger partial charge is 0.469 e. The molecule has 520 valence electrons. The van der Waals surface area contributed by atoms with Crippen LogP contribution in [0.5, 0.6) is 0 Å². The molecule has 0 saturated carbocycles. The lowest BCUT2D eigenvalue weighted by Crippen LogP contribution is -2.43. The van der Waals surface area contributed by atoms with Crippen molar-refractivity contribution in [1.82, 2.24) is 38.2 Å². The third-order valence-corrected chi connectivity index (χ3v) is 13.9. The van der Waals surface area contributed by atoms with Crippen molar-refractivity contribution < 1.29 is 161 Å². The van der Waals surface area contributed by atoms with E-state index in [0.29, 0.717) is 27.7 Å². The number of phosphoric ester groups is 4. The van der Waals surface area contributed by atoms with E-state index in [1.54, 1.807) is 19.9 Å². The average Bonchev–Trinajstić information content (AvgIpc) is 1.58.